The maximum Gasteiger partial charge on any atom is 0.338 e. The van der Waals surface area contributed by atoms with Crippen LogP contribution in [0.1, 0.15) is 35.3 Å². The fourth-order valence-corrected chi connectivity index (χ4v) is 3.38. The summed E-state index contributed by atoms with van der Waals surface area (Å²) in [6.45, 7) is 5.39. The van der Waals surface area contributed by atoms with Crippen LogP contribution in [0.25, 0.3) is 16.7 Å². The molecule has 1 atom stereocenters. The summed E-state index contributed by atoms with van der Waals surface area (Å²) in [6.07, 6.45) is -0.637. The Balaban J connectivity index is 1.54. The summed E-state index contributed by atoms with van der Waals surface area (Å²) >= 11 is 0. The number of imidazole rings is 1. The van der Waals surface area contributed by atoms with Gasteiger partial charge in [0.15, 0.2) is 11.9 Å². The number of anilines is 1. The Bertz CT molecular complexity index is 1240. The number of fused-ring (bicyclic) bond motifs is 1. The number of ether oxygens (including phenoxy) is 1. The van der Waals surface area contributed by atoms with Gasteiger partial charge in [0.2, 0.25) is 0 Å². The van der Waals surface area contributed by atoms with Gasteiger partial charge in [0.05, 0.1) is 16.6 Å². The van der Waals surface area contributed by atoms with Gasteiger partial charge in [0.1, 0.15) is 11.6 Å². The largest absolute Gasteiger partial charge is 0.449 e. The Hall–Kier alpha value is -3.94. The van der Waals surface area contributed by atoms with E-state index in [2.05, 4.69) is 15.5 Å². The molecule has 0 radical (unpaired) electrons. The van der Waals surface area contributed by atoms with Gasteiger partial charge in [-0.15, -0.1) is 0 Å². The second-order valence-electron chi connectivity index (χ2n) is 7.15. The van der Waals surface area contributed by atoms with Gasteiger partial charge < -0.3 is 14.6 Å². The van der Waals surface area contributed by atoms with Gasteiger partial charge in [0, 0.05) is 11.8 Å². The molecule has 0 saturated carbocycles. The predicted molar refractivity (Wildman–Crippen MR) is 115 cm³/mol. The molecule has 158 valence electrons. The van der Waals surface area contributed by atoms with E-state index in [0.29, 0.717) is 23.3 Å². The van der Waals surface area contributed by atoms with E-state index in [1.807, 2.05) is 47.9 Å². The summed E-state index contributed by atoms with van der Waals surface area (Å²) in [5.74, 6) is 0.598. The Labute approximate surface area is 178 Å². The van der Waals surface area contributed by atoms with E-state index < -0.39 is 18.0 Å². The lowest BCUT2D eigenvalue weighted by Gasteiger charge is -2.15. The normalized spacial score (nSPS) is 12.0. The second kappa shape index (κ2) is 8.43. The minimum Gasteiger partial charge on any atom is -0.449 e. The topological polar surface area (TPSA) is 99.2 Å². The number of aryl methyl sites for hydroxylation is 2. The molecule has 0 spiro atoms. The van der Waals surface area contributed by atoms with Crippen LogP contribution < -0.4 is 5.32 Å². The molecule has 0 fully saturated rings. The zero-order valence-corrected chi connectivity index (χ0v) is 17.5. The SMILES string of the molecule is CCC(OC(=O)c1ccc2c(c1)nc(C)n2-c1ccccc1)C(=O)Nc1cc(C)on1. The van der Waals surface area contributed by atoms with Crippen LogP contribution in [-0.4, -0.2) is 32.7 Å². The number of hydrogen-bond donors (Lipinski definition) is 1. The third-order valence-corrected chi connectivity index (χ3v) is 4.86. The molecule has 2 aromatic heterocycles. The molecule has 0 aliphatic carbocycles. The molecule has 31 heavy (non-hydrogen) atoms. The highest BCUT2D eigenvalue weighted by Crippen LogP contribution is 2.23. The van der Waals surface area contributed by atoms with Gasteiger partial charge in [-0.05, 0) is 50.6 Å². The molecule has 8 nitrogen and oxygen atoms in total. The van der Waals surface area contributed by atoms with Crippen molar-refractivity contribution in [3.63, 3.8) is 0 Å². The number of aromatic nitrogens is 3. The zero-order chi connectivity index (χ0) is 22.0. The Kier molecular flexibility index (Phi) is 5.53. The highest BCUT2D eigenvalue weighted by atomic mass is 16.5. The molecule has 1 N–H and O–H groups in total. The average Bonchev–Trinajstić information content (AvgIpc) is 3.33. The maximum atomic E-state index is 12.7. The number of rotatable bonds is 6. The lowest BCUT2D eigenvalue weighted by molar-refractivity contribution is -0.124. The lowest BCUT2D eigenvalue weighted by atomic mass is 10.2. The van der Waals surface area contributed by atoms with Crippen molar-refractivity contribution in [1.82, 2.24) is 14.7 Å². The van der Waals surface area contributed by atoms with Crippen LogP contribution in [0.5, 0.6) is 0 Å². The molecule has 2 heterocycles. The highest BCUT2D eigenvalue weighted by molar-refractivity contribution is 5.98. The maximum absolute atomic E-state index is 12.7. The summed E-state index contributed by atoms with van der Waals surface area (Å²) in [5, 5.41) is 6.31. The summed E-state index contributed by atoms with van der Waals surface area (Å²) < 4.78 is 12.4. The van der Waals surface area contributed by atoms with Gasteiger partial charge in [-0.25, -0.2) is 9.78 Å². The van der Waals surface area contributed by atoms with Crippen LogP contribution in [0.15, 0.2) is 59.1 Å². The third-order valence-electron chi connectivity index (χ3n) is 4.86. The number of para-hydroxylation sites is 1. The molecule has 0 aliphatic rings. The Morgan fingerprint density at radius 3 is 2.58 bits per heavy atom. The van der Waals surface area contributed by atoms with E-state index in [1.165, 1.54) is 0 Å². The summed E-state index contributed by atoms with van der Waals surface area (Å²) in [4.78, 5) is 29.7. The lowest BCUT2D eigenvalue weighted by Crippen LogP contribution is -2.32. The molecule has 0 aliphatic heterocycles. The van der Waals surface area contributed by atoms with Crippen molar-refractivity contribution < 1.29 is 18.8 Å². The Morgan fingerprint density at radius 1 is 1.13 bits per heavy atom. The molecule has 0 saturated heterocycles. The minimum absolute atomic E-state index is 0.278. The first-order valence-electron chi connectivity index (χ1n) is 9.96. The number of amides is 1. The molecule has 0 bridgehead atoms. The monoisotopic (exact) mass is 418 g/mol. The van der Waals surface area contributed by atoms with Crippen LogP contribution in [0.3, 0.4) is 0 Å². The number of carbonyl (C=O) groups is 2. The quantitative estimate of drug-likeness (QED) is 0.471. The smallest absolute Gasteiger partial charge is 0.338 e. The van der Waals surface area contributed by atoms with E-state index in [0.717, 1.165) is 17.0 Å². The van der Waals surface area contributed by atoms with Gasteiger partial charge in [-0.2, -0.15) is 0 Å². The molecule has 4 aromatic rings. The van der Waals surface area contributed by atoms with Crippen LogP contribution in [0.2, 0.25) is 0 Å². The van der Waals surface area contributed by atoms with Crippen LogP contribution >= 0.6 is 0 Å². The first-order valence-corrected chi connectivity index (χ1v) is 9.96. The van der Waals surface area contributed by atoms with Crippen molar-refractivity contribution in [2.75, 3.05) is 5.32 Å². The average molecular weight is 418 g/mol. The van der Waals surface area contributed by atoms with Crippen molar-refractivity contribution in [3.8, 4) is 5.69 Å². The third kappa shape index (κ3) is 4.18. The molecular formula is C23H22N4O4. The fraction of sp³-hybridized carbons (Fsp3) is 0.217. The van der Waals surface area contributed by atoms with Crippen LogP contribution in [0.4, 0.5) is 5.82 Å². The van der Waals surface area contributed by atoms with Crippen molar-refractivity contribution in [1.29, 1.82) is 0 Å². The number of nitrogens with zero attached hydrogens (tertiary/aromatic N) is 3. The van der Waals surface area contributed by atoms with Gasteiger partial charge >= 0.3 is 5.97 Å². The van der Waals surface area contributed by atoms with Crippen LogP contribution in [-0.2, 0) is 9.53 Å². The number of nitrogens with one attached hydrogen (secondary N) is 1. The van der Waals surface area contributed by atoms with E-state index in [1.54, 1.807) is 32.0 Å². The standard InChI is InChI=1S/C23H22N4O4/c1-4-20(22(28)25-21-12-14(2)31-26-21)30-23(29)16-10-11-19-18(13-16)24-15(3)27(19)17-8-6-5-7-9-17/h5-13,20H,4H2,1-3H3,(H,25,26,28). The number of carbonyl (C=O) groups excluding carboxylic acids is 2. The molecule has 1 unspecified atom stereocenters. The van der Waals surface area contributed by atoms with Gasteiger partial charge in [-0.3, -0.25) is 9.36 Å². The summed E-state index contributed by atoms with van der Waals surface area (Å²) in [6, 6.07) is 16.6. The van der Waals surface area contributed by atoms with E-state index in [-0.39, 0.29) is 5.82 Å². The number of esters is 1. The Morgan fingerprint density at radius 2 is 1.90 bits per heavy atom. The van der Waals surface area contributed by atoms with Crippen molar-refractivity contribution in [3.05, 3.63) is 71.7 Å². The molecule has 1 amide bonds. The van der Waals surface area contributed by atoms with E-state index >= 15 is 0 Å². The predicted octanol–water partition coefficient (Wildman–Crippen LogP) is 4.20. The van der Waals surface area contributed by atoms with Crippen molar-refractivity contribution >= 4 is 28.7 Å². The summed E-state index contributed by atoms with van der Waals surface area (Å²) in [5.41, 5.74) is 2.87. The van der Waals surface area contributed by atoms with Crippen molar-refractivity contribution in [2.24, 2.45) is 0 Å². The second-order valence-corrected chi connectivity index (χ2v) is 7.15. The first-order chi connectivity index (χ1) is 15.0. The minimum atomic E-state index is -0.955. The van der Waals surface area contributed by atoms with Crippen LogP contribution in [0, 0.1) is 13.8 Å². The summed E-state index contributed by atoms with van der Waals surface area (Å²) in [7, 11) is 0. The molecule has 2 aromatic carbocycles. The van der Waals surface area contributed by atoms with Gasteiger partial charge in [0.25, 0.3) is 5.91 Å². The first kappa shape index (κ1) is 20.3. The van der Waals surface area contributed by atoms with Crippen molar-refractivity contribution in [2.45, 2.75) is 33.3 Å². The molecule has 8 heteroatoms. The van der Waals surface area contributed by atoms with Gasteiger partial charge in [-0.1, -0.05) is 30.3 Å². The highest BCUT2D eigenvalue weighted by Gasteiger charge is 2.23. The van der Waals surface area contributed by atoms with E-state index in [9.17, 15) is 9.59 Å². The molecule has 4 rings (SSSR count). The zero-order valence-electron chi connectivity index (χ0n) is 17.5. The fourth-order valence-electron chi connectivity index (χ4n) is 3.38. The molecular weight excluding hydrogens is 396 g/mol. The number of hydrogen-bond acceptors (Lipinski definition) is 6. The number of benzene rings is 2. The van der Waals surface area contributed by atoms with E-state index in [4.69, 9.17) is 9.26 Å².